The van der Waals surface area contributed by atoms with Gasteiger partial charge in [-0.25, -0.2) is 9.59 Å². The lowest BCUT2D eigenvalue weighted by atomic mass is 10.2. The third-order valence-corrected chi connectivity index (χ3v) is 3.63. The summed E-state index contributed by atoms with van der Waals surface area (Å²) in [4.78, 5) is 23.5. The number of rotatable bonds is 8. The molecule has 0 heterocycles. The maximum atomic E-state index is 11.9. The number of nitrogens with one attached hydrogen (secondary N) is 2. The number of thioether (sulfide) groups is 1. The minimum absolute atomic E-state index is 0.347. The molecule has 0 unspecified atom stereocenters. The summed E-state index contributed by atoms with van der Waals surface area (Å²) in [6.45, 7) is 0.347. The Morgan fingerprint density at radius 2 is 2.09 bits per heavy atom. The van der Waals surface area contributed by atoms with Crippen LogP contribution in [-0.4, -0.2) is 44.3 Å². The minimum Gasteiger partial charge on any atom is -0.497 e. The predicted octanol–water partition coefficient (Wildman–Crippen LogP) is 1.79. The smallest absolute Gasteiger partial charge is 0.328 e. The fourth-order valence-corrected chi connectivity index (χ4v) is 2.27. The van der Waals surface area contributed by atoms with E-state index in [2.05, 4.69) is 10.6 Å². The molecule has 1 atom stereocenters. The van der Waals surface area contributed by atoms with Crippen molar-refractivity contribution in [2.45, 2.75) is 19.0 Å². The fraction of sp³-hybridized carbons (Fsp3) is 0.467. The van der Waals surface area contributed by atoms with Gasteiger partial charge in [-0.2, -0.15) is 11.8 Å². The quantitative estimate of drug-likeness (QED) is 0.712. The molecule has 1 rings (SSSR count). The zero-order valence-electron chi connectivity index (χ0n) is 13.0. The molecule has 6 nitrogen and oxygen atoms in total. The van der Waals surface area contributed by atoms with Crippen molar-refractivity contribution in [2.75, 3.05) is 26.2 Å². The molecule has 7 heteroatoms. The summed E-state index contributed by atoms with van der Waals surface area (Å²) >= 11 is 1.61. The lowest BCUT2D eigenvalue weighted by molar-refractivity contribution is -0.142. The van der Waals surface area contributed by atoms with E-state index in [1.807, 2.05) is 30.5 Å². The van der Waals surface area contributed by atoms with Crippen LogP contribution in [0.5, 0.6) is 5.75 Å². The van der Waals surface area contributed by atoms with E-state index >= 15 is 0 Å². The molecule has 0 aliphatic carbocycles. The van der Waals surface area contributed by atoms with Gasteiger partial charge >= 0.3 is 12.0 Å². The van der Waals surface area contributed by atoms with Gasteiger partial charge in [-0.3, -0.25) is 0 Å². The Balaban J connectivity index is 2.50. The topological polar surface area (TPSA) is 76.7 Å². The number of hydrogen-bond donors (Lipinski definition) is 2. The Hall–Kier alpha value is -1.89. The first-order valence-corrected chi connectivity index (χ1v) is 8.24. The normalized spacial score (nSPS) is 11.4. The Morgan fingerprint density at radius 1 is 1.32 bits per heavy atom. The first-order valence-electron chi connectivity index (χ1n) is 6.84. The molecule has 1 aromatic carbocycles. The van der Waals surface area contributed by atoms with Crippen LogP contribution < -0.4 is 15.4 Å². The molecule has 0 saturated heterocycles. The third-order valence-electron chi connectivity index (χ3n) is 2.99. The van der Waals surface area contributed by atoms with Gasteiger partial charge in [-0.15, -0.1) is 0 Å². The van der Waals surface area contributed by atoms with Crippen LogP contribution in [0.25, 0.3) is 0 Å². The molecule has 1 aromatic rings. The van der Waals surface area contributed by atoms with Crippen LogP contribution >= 0.6 is 11.8 Å². The van der Waals surface area contributed by atoms with Crippen molar-refractivity contribution < 1.29 is 19.1 Å². The highest BCUT2D eigenvalue weighted by Gasteiger charge is 2.20. The predicted molar refractivity (Wildman–Crippen MR) is 87.2 cm³/mol. The zero-order chi connectivity index (χ0) is 16.4. The monoisotopic (exact) mass is 326 g/mol. The molecule has 0 saturated carbocycles. The van der Waals surface area contributed by atoms with Crippen molar-refractivity contribution >= 4 is 23.8 Å². The van der Waals surface area contributed by atoms with Crippen LogP contribution in [0.3, 0.4) is 0 Å². The summed E-state index contributed by atoms with van der Waals surface area (Å²) < 4.78 is 9.82. The number of amides is 2. The van der Waals surface area contributed by atoms with Crippen LogP contribution in [0.2, 0.25) is 0 Å². The molecule has 0 aliphatic heterocycles. The number of hydrogen-bond acceptors (Lipinski definition) is 5. The second-order valence-corrected chi connectivity index (χ2v) is 5.52. The Morgan fingerprint density at radius 3 is 2.73 bits per heavy atom. The number of urea groups is 1. The lowest BCUT2D eigenvalue weighted by Crippen LogP contribution is -2.46. The molecule has 0 aromatic heterocycles. The van der Waals surface area contributed by atoms with E-state index < -0.39 is 18.0 Å². The number of esters is 1. The Labute approximate surface area is 134 Å². The van der Waals surface area contributed by atoms with Crippen molar-refractivity contribution in [1.82, 2.24) is 10.6 Å². The lowest BCUT2D eigenvalue weighted by Gasteiger charge is -2.16. The average molecular weight is 326 g/mol. The molecule has 0 bridgehead atoms. The molecule has 2 amide bonds. The van der Waals surface area contributed by atoms with Crippen molar-refractivity contribution in [3.05, 3.63) is 29.8 Å². The first kappa shape index (κ1) is 18.2. The summed E-state index contributed by atoms with van der Waals surface area (Å²) in [6, 6.07) is 6.37. The van der Waals surface area contributed by atoms with Gasteiger partial charge in [0.05, 0.1) is 14.2 Å². The molecule has 0 fully saturated rings. The van der Waals surface area contributed by atoms with E-state index in [0.29, 0.717) is 13.0 Å². The number of benzene rings is 1. The van der Waals surface area contributed by atoms with Gasteiger partial charge in [-0.1, -0.05) is 12.1 Å². The van der Waals surface area contributed by atoms with E-state index in [9.17, 15) is 9.59 Å². The summed E-state index contributed by atoms with van der Waals surface area (Å²) in [5, 5.41) is 5.35. The molecule has 122 valence electrons. The van der Waals surface area contributed by atoms with E-state index in [0.717, 1.165) is 17.1 Å². The van der Waals surface area contributed by atoms with Gasteiger partial charge in [0.2, 0.25) is 0 Å². The standard InChI is InChI=1S/C15H22N2O4S/c1-20-12-6-4-5-11(9-12)10-16-15(19)17-13(7-8-22-3)14(18)21-2/h4-6,9,13H,7-8,10H2,1-3H3,(H2,16,17,19)/t13-/m0/s1. The SMILES string of the molecule is COC(=O)[C@H](CCSC)NC(=O)NCc1cccc(OC)c1. The Kier molecular flexibility index (Phi) is 8.21. The van der Waals surface area contributed by atoms with Crippen molar-refractivity contribution in [3.63, 3.8) is 0 Å². The van der Waals surface area contributed by atoms with Crippen molar-refractivity contribution in [3.8, 4) is 5.75 Å². The second-order valence-electron chi connectivity index (χ2n) is 4.54. The van der Waals surface area contributed by atoms with Gasteiger partial charge in [0, 0.05) is 6.54 Å². The second kappa shape index (κ2) is 9.94. The molecule has 2 N–H and O–H groups in total. The Bertz CT molecular complexity index is 496. The molecule has 22 heavy (non-hydrogen) atoms. The average Bonchev–Trinajstić information content (AvgIpc) is 2.56. The summed E-state index contributed by atoms with van der Waals surface area (Å²) in [5.41, 5.74) is 0.910. The highest BCUT2D eigenvalue weighted by molar-refractivity contribution is 7.98. The molecule has 0 aliphatic rings. The van der Waals surface area contributed by atoms with Crippen LogP contribution in [0.1, 0.15) is 12.0 Å². The zero-order valence-corrected chi connectivity index (χ0v) is 13.9. The molecule has 0 spiro atoms. The van der Waals surface area contributed by atoms with Crippen LogP contribution in [0.4, 0.5) is 4.79 Å². The molecular weight excluding hydrogens is 304 g/mol. The van der Waals surface area contributed by atoms with Gasteiger partial charge < -0.3 is 20.1 Å². The van der Waals surface area contributed by atoms with Gasteiger partial charge in [0.15, 0.2) is 0 Å². The van der Waals surface area contributed by atoms with Crippen molar-refractivity contribution in [2.24, 2.45) is 0 Å². The van der Waals surface area contributed by atoms with Crippen LogP contribution in [-0.2, 0) is 16.1 Å². The first-order chi connectivity index (χ1) is 10.6. The van der Waals surface area contributed by atoms with E-state index in [-0.39, 0.29) is 0 Å². The molecule has 0 radical (unpaired) electrons. The number of carbonyl (C=O) groups is 2. The number of carbonyl (C=O) groups excluding carboxylic acids is 2. The third kappa shape index (κ3) is 6.26. The van der Waals surface area contributed by atoms with Crippen LogP contribution in [0.15, 0.2) is 24.3 Å². The number of methoxy groups -OCH3 is 2. The van der Waals surface area contributed by atoms with Crippen LogP contribution in [0, 0.1) is 0 Å². The maximum absolute atomic E-state index is 11.9. The highest BCUT2D eigenvalue weighted by atomic mass is 32.2. The van der Waals surface area contributed by atoms with Gasteiger partial charge in [-0.05, 0) is 36.1 Å². The van der Waals surface area contributed by atoms with Crippen molar-refractivity contribution in [1.29, 1.82) is 0 Å². The molecular formula is C15H22N2O4S. The summed E-state index contributed by atoms with van der Waals surface area (Å²) in [5.74, 6) is 1.05. The maximum Gasteiger partial charge on any atom is 0.328 e. The van der Waals surface area contributed by atoms with E-state index in [4.69, 9.17) is 9.47 Å². The van der Waals surface area contributed by atoms with E-state index in [1.165, 1.54) is 7.11 Å². The minimum atomic E-state index is -0.636. The summed E-state index contributed by atoms with van der Waals surface area (Å²) in [6.07, 6.45) is 2.47. The summed E-state index contributed by atoms with van der Waals surface area (Å²) in [7, 11) is 2.90. The largest absolute Gasteiger partial charge is 0.497 e. The number of ether oxygens (including phenoxy) is 2. The fourth-order valence-electron chi connectivity index (χ4n) is 1.80. The van der Waals surface area contributed by atoms with E-state index in [1.54, 1.807) is 18.9 Å². The van der Waals surface area contributed by atoms with Gasteiger partial charge in [0.25, 0.3) is 0 Å². The highest BCUT2D eigenvalue weighted by Crippen LogP contribution is 2.12. The van der Waals surface area contributed by atoms with Gasteiger partial charge in [0.1, 0.15) is 11.8 Å².